The zero-order valence-electron chi connectivity index (χ0n) is 9.34. The van der Waals surface area contributed by atoms with Crippen molar-refractivity contribution in [1.29, 1.82) is 0 Å². The summed E-state index contributed by atoms with van der Waals surface area (Å²) < 4.78 is 0. The van der Waals surface area contributed by atoms with Crippen LogP contribution < -0.4 is 5.32 Å². The Morgan fingerprint density at radius 2 is 2.31 bits per heavy atom. The highest BCUT2D eigenvalue weighted by Crippen LogP contribution is 2.12. The molecule has 1 atom stereocenters. The van der Waals surface area contributed by atoms with E-state index in [0.717, 1.165) is 23.8 Å². The molecular weight excluding hydrogens is 220 g/mol. The maximum absolute atomic E-state index is 4.34. The maximum Gasteiger partial charge on any atom is 0.125 e. The van der Waals surface area contributed by atoms with Gasteiger partial charge in [-0.1, -0.05) is 0 Å². The van der Waals surface area contributed by atoms with Gasteiger partial charge in [0.25, 0.3) is 0 Å². The lowest BCUT2D eigenvalue weighted by molar-refractivity contribution is 0.556. The molecule has 0 aromatic carbocycles. The molecule has 0 radical (unpaired) electrons. The number of thiazole rings is 1. The predicted molar refractivity (Wildman–Crippen MR) is 64.1 cm³/mol. The summed E-state index contributed by atoms with van der Waals surface area (Å²) in [5.41, 5.74) is 3.94. The second-order valence-corrected chi connectivity index (χ2v) is 4.33. The summed E-state index contributed by atoms with van der Waals surface area (Å²) in [7, 11) is 0. The normalized spacial score (nSPS) is 12.6. The highest BCUT2D eigenvalue weighted by atomic mass is 32.1. The van der Waals surface area contributed by atoms with Gasteiger partial charge in [-0.15, -0.1) is 11.3 Å². The molecule has 0 spiro atoms. The summed E-state index contributed by atoms with van der Waals surface area (Å²) in [6, 6.07) is 2.18. The molecule has 4 nitrogen and oxygen atoms in total. The Morgan fingerprint density at radius 3 is 3.00 bits per heavy atom. The number of aryl methyl sites for hydroxylation is 1. The maximum atomic E-state index is 4.34. The molecule has 2 heterocycles. The molecule has 0 amide bonds. The molecule has 5 heteroatoms. The molecular formula is C11H14N4S. The van der Waals surface area contributed by atoms with Crippen molar-refractivity contribution in [2.24, 2.45) is 0 Å². The second kappa shape index (κ2) is 5.14. The largest absolute Gasteiger partial charge is 0.303 e. The van der Waals surface area contributed by atoms with Crippen molar-refractivity contribution in [2.75, 3.05) is 0 Å². The van der Waals surface area contributed by atoms with E-state index in [1.165, 1.54) is 0 Å². The standard InChI is InChI=1S/C11H14N4S/c1-8(11-6-16-7-14-11)13-5-10-3-4-12-9(2)15-10/h3-4,6-8,13H,5H2,1-2H3. The number of nitrogens with zero attached hydrogens (tertiary/aromatic N) is 3. The number of nitrogens with one attached hydrogen (secondary N) is 1. The van der Waals surface area contributed by atoms with Gasteiger partial charge >= 0.3 is 0 Å². The van der Waals surface area contributed by atoms with Crippen LogP contribution in [0, 0.1) is 6.92 Å². The predicted octanol–water partition coefficient (Wildman–Crippen LogP) is 2.09. The van der Waals surface area contributed by atoms with Gasteiger partial charge in [0.15, 0.2) is 0 Å². The molecule has 2 rings (SSSR count). The first kappa shape index (κ1) is 11.2. The van der Waals surface area contributed by atoms with Gasteiger partial charge < -0.3 is 5.32 Å². The number of hydrogen-bond donors (Lipinski definition) is 1. The van der Waals surface area contributed by atoms with Gasteiger partial charge in [0.05, 0.1) is 16.9 Å². The van der Waals surface area contributed by atoms with Crippen LogP contribution in [0.3, 0.4) is 0 Å². The summed E-state index contributed by atoms with van der Waals surface area (Å²) >= 11 is 1.62. The molecule has 2 aromatic rings. The Hall–Kier alpha value is -1.33. The van der Waals surface area contributed by atoms with E-state index in [9.17, 15) is 0 Å². The van der Waals surface area contributed by atoms with E-state index in [0.29, 0.717) is 0 Å². The van der Waals surface area contributed by atoms with Gasteiger partial charge in [-0.25, -0.2) is 15.0 Å². The first-order chi connectivity index (χ1) is 7.75. The van der Waals surface area contributed by atoms with Crippen molar-refractivity contribution >= 4 is 11.3 Å². The van der Waals surface area contributed by atoms with Gasteiger partial charge in [0.2, 0.25) is 0 Å². The van der Waals surface area contributed by atoms with E-state index in [4.69, 9.17) is 0 Å². The zero-order chi connectivity index (χ0) is 11.4. The van der Waals surface area contributed by atoms with Crippen molar-refractivity contribution in [2.45, 2.75) is 26.4 Å². The van der Waals surface area contributed by atoms with E-state index in [1.807, 2.05) is 18.5 Å². The summed E-state index contributed by atoms with van der Waals surface area (Å²) in [6.45, 7) is 4.73. The van der Waals surface area contributed by atoms with Crippen LogP contribution in [0.4, 0.5) is 0 Å². The summed E-state index contributed by atoms with van der Waals surface area (Å²) in [6.07, 6.45) is 1.78. The van der Waals surface area contributed by atoms with E-state index in [-0.39, 0.29) is 6.04 Å². The van der Waals surface area contributed by atoms with Crippen LogP contribution in [0.1, 0.15) is 30.2 Å². The van der Waals surface area contributed by atoms with Crippen LogP contribution in [-0.4, -0.2) is 15.0 Å². The number of hydrogen-bond acceptors (Lipinski definition) is 5. The summed E-state index contributed by atoms with van der Waals surface area (Å²) in [4.78, 5) is 12.7. The van der Waals surface area contributed by atoms with E-state index < -0.39 is 0 Å². The fraction of sp³-hybridized carbons (Fsp3) is 0.364. The smallest absolute Gasteiger partial charge is 0.125 e. The molecule has 0 saturated heterocycles. The lowest BCUT2D eigenvalue weighted by atomic mass is 10.2. The average Bonchev–Trinajstić information content (AvgIpc) is 2.79. The van der Waals surface area contributed by atoms with E-state index >= 15 is 0 Å². The van der Waals surface area contributed by atoms with Crippen LogP contribution >= 0.6 is 11.3 Å². The molecule has 16 heavy (non-hydrogen) atoms. The molecule has 1 N–H and O–H groups in total. The van der Waals surface area contributed by atoms with Gasteiger partial charge in [-0.2, -0.15) is 0 Å². The average molecular weight is 234 g/mol. The first-order valence-corrected chi connectivity index (χ1v) is 6.10. The Morgan fingerprint density at radius 1 is 1.44 bits per heavy atom. The van der Waals surface area contributed by atoms with Crippen LogP contribution in [0.25, 0.3) is 0 Å². The third-order valence-corrected chi connectivity index (χ3v) is 2.92. The molecule has 1 unspecified atom stereocenters. The Bertz CT molecular complexity index is 441. The van der Waals surface area contributed by atoms with Crippen molar-refractivity contribution in [1.82, 2.24) is 20.3 Å². The molecule has 0 bridgehead atoms. The number of aromatic nitrogens is 3. The molecule has 0 aliphatic rings. The van der Waals surface area contributed by atoms with Crippen LogP contribution in [0.15, 0.2) is 23.2 Å². The van der Waals surface area contributed by atoms with Gasteiger partial charge in [0.1, 0.15) is 5.82 Å². The van der Waals surface area contributed by atoms with E-state index in [1.54, 1.807) is 17.5 Å². The second-order valence-electron chi connectivity index (χ2n) is 3.61. The highest BCUT2D eigenvalue weighted by Gasteiger charge is 2.06. The lowest BCUT2D eigenvalue weighted by Gasteiger charge is -2.10. The minimum Gasteiger partial charge on any atom is -0.303 e. The van der Waals surface area contributed by atoms with E-state index in [2.05, 4.69) is 32.6 Å². The molecule has 0 saturated carbocycles. The molecule has 0 aliphatic carbocycles. The fourth-order valence-corrected chi connectivity index (χ4v) is 2.05. The quantitative estimate of drug-likeness (QED) is 0.880. The molecule has 0 fully saturated rings. The first-order valence-electron chi connectivity index (χ1n) is 5.15. The summed E-state index contributed by atoms with van der Waals surface area (Å²) in [5.74, 6) is 0.806. The number of rotatable bonds is 4. The Kier molecular flexibility index (Phi) is 3.58. The lowest BCUT2D eigenvalue weighted by Crippen LogP contribution is -2.19. The van der Waals surface area contributed by atoms with Crippen LogP contribution in [-0.2, 0) is 6.54 Å². The third-order valence-electron chi connectivity index (χ3n) is 2.32. The minimum atomic E-state index is 0.251. The van der Waals surface area contributed by atoms with Gasteiger partial charge in [0, 0.05) is 24.2 Å². The highest BCUT2D eigenvalue weighted by molar-refractivity contribution is 7.07. The topological polar surface area (TPSA) is 50.7 Å². The molecule has 2 aromatic heterocycles. The van der Waals surface area contributed by atoms with Gasteiger partial charge in [-0.3, -0.25) is 0 Å². The zero-order valence-corrected chi connectivity index (χ0v) is 10.2. The molecule has 84 valence electrons. The Labute approximate surface area is 98.8 Å². The van der Waals surface area contributed by atoms with Crippen molar-refractivity contribution in [3.8, 4) is 0 Å². The van der Waals surface area contributed by atoms with Crippen molar-refractivity contribution in [3.63, 3.8) is 0 Å². The monoisotopic (exact) mass is 234 g/mol. The van der Waals surface area contributed by atoms with Crippen LogP contribution in [0.2, 0.25) is 0 Å². The van der Waals surface area contributed by atoms with Crippen LogP contribution in [0.5, 0.6) is 0 Å². The Balaban J connectivity index is 1.92. The van der Waals surface area contributed by atoms with Crippen molar-refractivity contribution in [3.05, 3.63) is 40.4 Å². The minimum absolute atomic E-state index is 0.251. The summed E-state index contributed by atoms with van der Waals surface area (Å²) in [5, 5.41) is 5.44. The fourth-order valence-electron chi connectivity index (χ4n) is 1.40. The SMILES string of the molecule is Cc1nccc(CNC(C)c2cscn2)n1. The third kappa shape index (κ3) is 2.84. The van der Waals surface area contributed by atoms with Crippen molar-refractivity contribution < 1.29 is 0 Å². The molecule has 0 aliphatic heterocycles. The van der Waals surface area contributed by atoms with Gasteiger partial charge in [-0.05, 0) is 19.9 Å².